The molecule has 1 atom stereocenters. The predicted molar refractivity (Wildman–Crippen MR) is 67.3 cm³/mol. The van der Waals surface area contributed by atoms with E-state index in [0.29, 0.717) is 0 Å². The quantitative estimate of drug-likeness (QED) is 0.545. The number of allylic oxidation sites excluding steroid dienone is 3. The summed E-state index contributed by atoms with van der Waals surface area (Å²) in [7, 11) is 0. The van der Waals surface area contributed by atoms with Crippen LogP contribution in [0.25, 0.3) is 0 Å². The largest absolute Gasteiger partial charge is 0.196 e. The first kappa shape index (κ1) is 13.1. The highest BCUT2D eigenvalue weighted by atomic mass is 14.4. The maximum atomic E-state index is 9.35. The Labute approximate surface area is 103 Å². The van der Waals surface area contributed by atoms with Gasteiger partial charge in [0.2, 0.25) is 0 Å². The van der Waals surface area contributed by atoms with Gasteiger partial charge in [0.15, 0.2) is 5.41 Å². The van der Waals surface area contributed by atoms with E-state index < -0.39 is 5.41 Å². The van der Waals surface area contributed by atoms with Gasteiger partial charge in [0.1, 0.15) is 0 Å². The highest BCUT2D eigenvalue weighted by Gasteiger charge is 2.38. The van der Waals surface area contributed by atoms with Gasteiger partial charge in [-0.3, -0.25) is 0 Å². The molecule has 0 bridgehead atoms. The van der Waals surface area contributed by atoms with Crippen LogP contribution >= 0.6 is 0 Å². The Morgan fingerprint density at radius 2 is 2.24 bits per heavy atom. The van der Waals surface area contributed by atoms with Gasteiger partial charge in [-0.1, -0.05) is 12.2 Å². The Hall–Kier alpha value is -1.98. The van der Waals surface area contributed by atoms with Crippen molar-refractivity contribution in [1.29, 1.82) is 10.5 Å². The molecule has 0 amide bonds. The monoisotopic (exact) mass is 224 g/mol. The van der Waals surface area contributed by atoms with Gasteiger partial charge < -0.3 is 0 Å². The first-order valence-corrected chi connectivity index (χ1v) is 5.79. The molecule has 0 aromatic rings. The lowest BCUT2D eigenvalue weighted by molar-refractivity contribution is 0.493. The smallest absolute Gasteiger partial charge is 0.176 e. The topological polar surface area (TPSA) is 47.6 Å². The summed E-state index contributed by atoms with van der Waals surface area (Å²) in [6, 6.07) is 4.31. The van der Waals surface area contributed by atoms with Gasteiger partial charge >= 0.3 is 0 Å². The van der Waals surface area contributed by atoms with Crippen LogP contribution < -0.4 is 0 Å². The lowest BCUT2D eigenvalue weighted by atomic mass is 9.70. The standard InChI is InChI=1S/C15H16N2/c1-3-5-10-15(11-16,12-17)14-9-7-6-8-13(14)4-2/h4,9,13H,2,6-8,10H2,1H3. The average Bonchev–Trinajstić information content (AvgIpc) is 2.41. The second-order valence-electron chi connectivity index (χ2n) is 4.17. The molecule has 0 aliphatic heterocycles. The van der Waals surface area contributed by atoms with Crippen LogP contribution in [0, 0.1) is 45.8 Å². The number of hydrogen-bond donors (Lipinski definition) is 0. The Balaban J connectivity index is 3.17. The highest BCUT2D eigenvalue weighted by Crippen LogP contribution is 2.40. The molecule has 1 rings (SSSR count). The lowest BCUT2D eigenvalue weighted by Crippen LogP contribution is -2.25. The van der Waals surface area contributed by atoms with Crippen molar-refractivity contribution < 1.29 is 0 Å². The zero-order valence-electron chi connectivity index (χ0n) is 10.2. The molecule has 2 nitrogen and oxygen atoms in total. The third-order valence-electron chi connectivity index (χ3n) is 3.17. The Morgan fingerprint density at radius 1 is 1.53 bits per heavy atom. The van der Waals surface area contributed by atoms with Crippen molar-refractivity contribution in [3.63, 3.8) is 0 Å². The van der Waals surface area contributed by atoms with Crippen LogP contribution in [-0.2, 0) is 0 Å². The van der Waals surface area contributed by atoms with E-state index in [4.69, 9.17) is 0 Å². The van der Waals surface area contributed by atoms with Crippen LogP contribution in [0.3, 0.4) is 0 Å². The molecule has 1 aliphatic carbocycles. The molecular weight excluding hydrogens is 208 g/mol. The summed E-state index contributed by atoms with van der Waals surface area (Å²) >= 11 is 0. The van der Waals surface area contributed by atoms with E-state index >= 15 is 0 Å². The molecule has 86 valence electrons. The number of nitriles is 2. The van der Waals surface area contributed by atoms with E-state index in [0.717, 1.165) is 24.8 Å². The van der Waals surface area contributed by atoms with E-state index in [1.807, 2.05) is 12.2 Å². The van der Waals surface area contributed by atoms with E-state index in [9.17, 15) is 10.5 Å². The summed E-state index contributed by atoms with van der Waals surface area (Å²) in [6.07, 6.45) is 7.15. The van der Waals surface area contributed by atoms with Crippen molar-refractivity contribution in [3.05, 3.63) is 24.3 Å². The second-order valence-corrected chi connectivity index (χ2v) is 4.17. The lowest BCUT2D eigenvalue weighted by Gasteiger charge is -2.29. The normalized spacial score (nSPS) is 19.0. The van der Waals surface area contributed by atoms with Gasteiger partial charge in [-0.15, -0.1) is 18.4 Å². The average molecular weight is 224 g/mol. The van der Waals surface area contributed by atoms with E-state index in [2.05, 4.69) is 30.6 Å². The fraction of sp³-hybridized carbons (Fsp3) is 0.467. The van der Waals surface area contributed by atoms with Crippen LogP contribution in [0.15, 0.2) is 24.3 Å². The summed E-state index contributed by atoms with van der Waals surface area (Å²) in [4.78, 5) is 0. The van der Waals surface area contributed by atoms with Crippen molar-refractivity contribution in [3.8, 4) is 24.0 Å². The van der Waals surface area contributed by atoms with Gasteiger partial charge in [-0.2, -0.15) is 10.5 Å². The molecule has 0 heterocycles. The molecule has 0 radical (unpaired) electrons. The summed E-state index contributed by atoms with van der Waals surface area (Å²) < 4.78 is 0. The van der Waals surface area contributed by atoms with Crippen molar-refractivity contribution >= 4 is 0 Å². The Bertz CT molecular complexity index is 446. The van der Waals surface area contributed by atoms with Crippen LogP contribution in [0.5, 0.6) is 0 Å². The molecule has 0 aromatic carbocycles. The minimum absolute atomic E-state index is 0.140. The fourth-order valence-corrected chi connectivity index (χ4v) is 2.19. The van der Waals surface area contributed by atoms with Crippen molar-refractivity contribution in [1.82, 2.24) is 0 Å². The fourth-order valence-electron chi connectivity index (χ4n) is 2.19. The first-order valence-electron chi connectivity index (χ1n) is 5.79. The summed E-state index contributed by atoms with van der Waals surface area (Å²) in [5.41, 5.74) is -0.200. The van der Waals surface area contributed by atoms with Gasteiger partial charge in [0.05, 0.1) is 12.1 Å². The maximum Gasteiger partial charge on any atom is 0.176 e. The Kier molecular flexibility index (Phi) is 4.56. The van der Waals surface area contributed by atoms with Crippen molar-refractivity contribution in [2.45, 2.75) is 32.6 Å². The third-order valence-corrected chi connectivity index (χ3v) is 3.17. The van der Waals surface area contributed by atoms with Crippen LogP contribution in [0.4, 0.5) is 0 Å². The van der Waals surface area contributed by atoms with E-state index in [1.54, 1.807) is 6.92 Å². The molecule has 0 aromatic heterocycles. The van der Waals surface area contributed by atoms with Crippen molar-refractivity contribution in [2.75, 3.05) is 0 Å². The number of rotatable bonds is 3. The zero-order chi connectivity index (χ0) is 12.7. The molecule has 1 unspecified atom stereocenters. The molecule has 0 saturated carbocycles. The molecule has 2 heteroatoms. The highest BCUT2D eigenvalue weighted by molar-refractivity contribution is 5.39. The predicted octanol–water partition coefficient (Wildman–Crippen LogP) is 3.35. The zero-order valence-corrected chi connectivity index (χ0v) is 10.2. The number of nitrogens with zero attached hydrogens (tertiary/aromatic N) is 2. The maximum absolute atomic E-state index is 9.35. The van der Waals surface area contributed by atoms with E-state index in [1.165, 1.54) is 0 Å². The SMILES string of the molecule is C=CC1CCCC=C1C(C#N)(C#N)CC#CC. The molecular formula is C15H16N2. The molecule has 0 spiro atoms. The minimum atomic E-state index is -1.09. The Morgan fingerprint density at radius 3 is 2.76 bits per heavy atom. The molecule has 0 saturated heterocycles. The molecule has 17 heavy (non-hydrogen) atoms. The first-order chi connectivity index (χ1) is 8.24. The van der Waals surface area contributed by atoms with Crippen LogP contribution in [0.1, 0.15) is 32.6 Å². The van der Waals surface area contributed by atoms with Crippen LogP contribution in [-0.4, -0.2) is 0 Å². The molecule has 0 fully saturated rings. The third kappa shape index (κ3) is 2.58. The minimum Gasteiger partial charge on any atom is -0.196 e. The van der Waals surface area contributed by atoms with Gasteiger partial charge in [0, 0.05) is 12.3 Å². The molecule has 0 N–H and O–H groups in total. The van der Waals surface area contributed by atoms with Gasteiger partial charge in [-0.25, -0.2) is 0 Å². The number of hydrogen-bond acceptors (Lipinski definition) is 2. The summed E-state index contributed by atoms with van der Waals surface area (Å²) in [5, 5.41) is 18.7. The summed E-state index contributed by atoms with van der Waals surface area (Å²) in [5.74, 6) is 5.76. The van der Waals surface area contributed by atoms with Gasteiger partial charge in [-0.05, 0) is 31.8 Å². The summed E-state index contributed by atoms with van der Waals surface area (Å²) in [6.45, 7) is 5.52. The molecule has 1 aliphatic rings. The van der Waals surface area contributed by atoms with E-state index in [-0.39, 0.29) is 12.3 Å². The van der Waals surface area contributed by atoms with Gasteiger partial charge in [0.25, 0.3) is 0 Å². The van der Waals surface area contributed by atoms with Crippen molar-refractivity contribution in [2.24, 2.45) is 11.3 Å². The van der Waals surface area contributed by atoms with Crippen LogP contribution in [0.2, 0.25) is 0 Å². The second kappa shape index (κ2) is 5.93.